The number of nitrogens with zero attached hydrogens (tertiary/aromatic N) is 3. The molecule has 0 N–H and O–H groups in total. The topological polar surface area (TPSA) is 39.4 Å². The average Bonchev–Trinajstić information content (AvgIpc) is 2.86. The summed E-state index contributed by atoms with van der Waals surface area (Å²) in [6.07, 6.45) is 0.877. The Morgan fingerprint density at radius 1 is 1.29 bits per heavy atom. The molecule has 1 aliphatic rings. The van der Waals surface area contributed by atoms with Crippen molar-refractivity contribution in [2.45, 2.75) is 13.3 Å². The lowest BCUT2D eigenvalue weighted by Crippen LogP contribution is -1.91. The van der Waals surface area contributed by atoms with E-state index in [1.807, 2.05) is 31.2 Å². The summed E-state index contributed by atoms with van der Waals surface area (Å²) in [7, 11) is 1.67. The Morgan fingerprint density at radius 3 is 2.88 bits per heavy atom. The van der Waals surface area contributed by atoms with E-state index < -0.39 is 0 Å². The van der Waals surface area contributed by atoms with E-state index in [2.05, 4.69) is 16.3 Å². The quantitative estimate of drug-likeness (QED) is 0.790. The predicted octanol–water partition coefficient (Wildman–Crippen LogP) is 2.34. The smallest absolute Gasteiger partial charge is 0.128 e. The number of hydrogen-bond donors (Lipinski definition) is 0. The normalized spacial score (nSPS) is 13.4. The molecule has 4 heteroatoms. The summed E-state index contributed by atoms with van der Waals surface area (Å²) in [6, 6.07) is 9.95. The van der Waals surface area contributed by atoms with Gasteiger partial charge in [-0.1, -0.05) is 12.1 Å². The minimum absolute atomic E-state index is 0.838. The molecular weight excluding hydrogens is 214 g/mol. The Morgan fingerprint density at radius 2 is 2.12 bits per heavy atom. The van der Waals surface area contributed by atoms with Crippen molar-refractivity contribution in [2.24, 2.45) is 5.10 Å². The van der Waals surface area contributed by atoms with Gasteiger partial charge < -0.3 is 4.74 Å². The van der Waals surface area contributed by atoms with Crippen molar-refractivity contribution in [1.82, 2.24) is 9.89 Å². The molecule has 0 spiro atoms. The first kappa shape index (κ1) is 10.1. The number of benzene rings is 1. The molecule has 0 fully saturated rings. The SMILES string of the molecule is COc1ccccc1-c1cc2n(n1)N=C(C)C2. The first-order valence-electron chi connectivity index (χ1n) is 5.55. The second-order valence-corrected chi connectivity index (χ2v) is 4.12. The van der Waals surface area contributed by atoms with E-state index in [0.717, 1.165) is 34.8 Å². The van der Waals surface area contributed by atoms with E-state index in [9.17, 15) is 0 Å². The third kappa shape index (κ3) is 1.62. The summed E-state index contributed by atoms with van der Waals surface area (Å²) in [5, 5.41) is 8.80. The minimum atomic E-state index is 0.838. The van der Waals surface area contributed by atoms with Crippen LogP contribution >= 0.6 is 0 Å². The molecule has 86 valence electrons. The largest absolute Gasteiger partial charge is 0.496 e. The van der Waals surface area contributed by atoms with Crippen LogP contribution in [0.3, 0.4) is 0 Å². The van der Waals surface area contributed by atoms with Crippen LogP contribution in [0.25, 0.3) is 11.3 Å². The van der Waals surface area contributed by atoms with Gasteiger partial charge in [0.2, 0.25) is 0 Å². The van der Waals surface area contributed by atoms with Gasteiger partial charge in [-0.3, -0.25) is 0 Å². The Hall–Kier alpha value is -2.10. The molecule has 0 bridgehead atoms. The van der Waals surface area contributed by atoms with E-state index in [4.69, 9.17) is 4.74 Å². The van der Waals surface area contributed by atoms with Crippen LogP contribution in [0.15, 0.2) is 35.4 Å². The molecule has 17 heavy (non-hydrogen) atoms. The molecule has 0 saturated heterocycles. The lowest BCUT2D eigenvalue weighted by Gasteiger charge is -2.04. The molecule has 1 aromatic carbocycles. The molecule has 0 radical (unpaired) electrons. The van der Waals surface area contributed by atoms with Gasteiger partial charge in [0.1, 0.15) is 5.75 Å². The number of rotatable bonds is 2. The number of fused-ring (bicyclic) bond motifs is 1. The highest BCUT2D eigenvalue weighted by Gasteiger charge is 2.17. The monoisotopic (exact) mass is 227 g/mol. The maximum Gasteiger partial charge on any atom is 0.128 e. The van der Waals surface area contributed by atoms with Crippen molar-refractivity contribution in [1.29, 1.82) is 0 Å². The van der Waals surface area contributed by atoms with Crippen LogP contribution in [0.2, 0.25) is 0 Å². The Labute approximate surface area is 99.5 Å². The molecule has 1 aromatic heterocycles. The number of methoxy groups -OCH3 is 1. The van der Waals surface area contributed by atoms with E-state index in [0.29, 0.717) is 0 Å². The lowest BCUT2D eigenvalue weighted by atomic mass is 10.1. The van der Waals surface area contributed by atoms with E-state index in [-0.39, 0.29) is 0 Å². The summed E-state index contributed by atoms with van der Waals surface area (Å²) in [5.74, 6) is 0.838. The van der Waals surface area contributed by atoms with Gasteiger partial charge in [-0.15, -0.1) is 0 Å². The second kappa shape index (κ2) is 3.73. The summed E-state index contributed by atoms with van der Waals surface area (Å²) < 4.78 is 5.34. The molecule has 0 saturated carbocycles. The van der Waals surface area contributed by atoms with Gasteiger partial charge in [0.25, 0.3) is 0 Å². The molecule has 0 atom stereocenters. The maximum absolute atomic E-state index is 5.34. The van der Waals surface area contributed by atoms with Gasteiger partial charge in [0, 0.05) is 17.7 Å². The Balaban J connectivity index is 2.08. The van der Waals surface area contributed by atoms with Crippen LogP contribution in [0.1, 0.15) is 12.6 Å². The molecule has 2 heterocycles. The van der Waals surface area contributed by atoms with Crippen molar-refractivity contribution in [3.63, 3.8) is 0 Å². The standard InChI is InChI=1S/C13H13N3O/c1-9-7-10-8-12(15-16(10)14-9)11-5-3-4-6-13(11)17-2/h3-6,8H,7H2,1-2H3. The third-order valence-electron chi connectivity index (χ3n) is 2.85. The number of aromatic nitrogens is 2. The van der Waals surface area contributed by atoms with Gasteiger partial charge in [-0.05, 0) is 25.1 Å². The first-order chi connectivity index (χ1) is 8.28. The van der Waals surface area contributed by atoms with E-state index in [1.54, 1.807) is 11.9 Å². The van der Waals surface area contributed by atoms with Crippen LogP contribution in [0, 0.1) is 0 Å². The van der Waals surface area contributed by atoms with Gasteiger partial charge in [-0.25, -0.2) is 0 Å². The van der Waals surface area contributed by atoms with Crippen molar-refractivity contribution in [3.05, 3.63) is 36.0 Å². The highest BCUT2D eigenvalue weighted by Crippen LogP contribution is 2.29. The highest BCUT2D eigenvalue weighted by atomic mass is 16.5. The van der Waals surface area contributed by atoms with Crippen LogP contribution in [-0.4, -0.2) is 22.7 Å². The molecule has 1 aliphatic heterocycles. The van der Waals surface area contributed by atoms with E-state index >= 15 is 0 Å². The Kier molecular flexibility index (Phi) is 2.21. The summed E-state index contributed by atoms with van der Waals surface area (Å²) in [5.41, 5.74) is 4.14. The van der Waals surface area contributed by atoms with Crippen molar-refractivity contribution < 1.29 is 4.74 Å². The summed E-state index contributed by atoms with van der Waals surface area (Å²) >= 11 is 0. The predicted molar refractivity (Wildman–Crippen MR) is 66.4 cm³/mol. The van der Waals surface area contributed by atoms with Crippen LogP contribution in [0.5, 0.6) is 5.75 Å². The van der Waals surface area contributed by atoms with Crippen molar-refractivity contribution in [3.8, 4) is 17.0 Å². The maximum atomic E-state index is 5.34. The molecule has 2 aromatic rings. The zero-order chi connectivity index (χ0) is 11.8. The fourth-order valence-electron chi connectivity index (χ4n) is 2.07. The number of ether oxygens (including phenoxy) is 1. The third-order valence-corrected chi connectivity index (χ3v) is 2.85. The van der Waals surface area contributed by atoms with Crippen LogP contribution in [-0.2, 0) is 6.42 Å². The highest BCUT2D eigenvalue weighted by molar-refractivity contribution is 5.86. The molecule has 0 unspecified atom stereocenters. The minimum Gasteiger partial charge on any atom is -0.496 e. The Bertz CT molecular complexity index is 598. The number of para-hydroxylation sites is 1. The van der Waals surface area contributed by atoms with Gasteiger partial charge in [-0.2, -0.15) is 15.0 Å². The first-order valence-corrected chi connectivity index (χ1v) is 5.55. The lowest BCUT2D eigenvalue weighted by molar-refractivity contribution is 0.416. The van der Waals surface area contributed by atoms with Crippen LogP contribution < -0.4 is 4.74 Å². The van der Waals surface area contributed by atoms with Crippen molar-refractivity contribution in [2.75, 3.05) is 7.11 Å². The van der Waals surface area contributed by atoms with Crippen molar-refractivity contribution >= 4 is 5.71 Å². The summed E-state index contributed by atoms with van der Waals surface area (Å²) in [4.78, 5) is 1.71. The summed E-state index contributed by atoms with van der Waals surface area (Å²) in [6.45, 7) is 2.01. The van der Waals surface area contributed by atoms with Gasteiger partial charge in [0.15, 0.2) is 0 Å². The fourth-order valence-corrected chi connectivity index (χ4v) is 2.07. The molecule has 4 nitrogen and oxygen atoms in total. The van der Waals surface area contributed by atoms with Gasteiger partial charge >= 0.3 is 0 Å². The van der Waals surface area contributed by atoms with Crippen LogP contribution in [0.4, 0.5) is 0 Å². The molecule has 0 aliphatic carbocycles. The fraction of sp³-hybridized carbons (Fsp3) is 0.231. The second-order valence-electron chi connectivity index (χ2n) is 4.12. The zero-order valence-electron chi connectivity index (χ0n) is 9.84. The van der Waals surface area contributed by atoms with Gasteiger partial charge in [0.05, 0.1) is 18.5 Å². The van der Waals surface area contributed by atoms with E-state index in [1.165, 1.54) is 0 Å². The number of hydrogen-bond acceptors (Lipinski definition) is 3. The molecule has 3 rings (SSSR count). The molecule has 0 amide bonds. The average molecular weight is 227 g/mol. The zero-order valence-corrected chi connectivity index (χ0v) is 9.84. The molecular formula is C13H13N3O.